The Labute approximate surface area is 80.7 Å². The standard InChI is InChI=1S/C11H9NO2/c13-10-11(14-7-12-10)5-8-3-1-2-4-9(8)6-11/h1-6H,7H2,(H,12,13). The van der Waals surface area contributed by atoms with Crippen LogP contribution in [0.15, 0.2) is 24.3 Å². The summed E-state index contributed by atoms with van der Waals surface area (Å²) in [4.78, 5) is 11.6. The van der Waals surface area contributed by atoms with Crippen molar-refractivity contribution in [2.24, 2.45) is 0 Å². The van der Waals surface area contributed by atoms with Crippen molar-refractivity contribution in [3.8, 4) is 0 Å². The van der Waals surface area contributed by atoms with Gasteiger partial charge in [-0.05, 0) is 22.6 Å². The van der Waals surface area contributed by atoms with Crippen LogP contribution in [0.25, 0.3) is 12.2 Å². The van der Waals surface area contributed by atoms with E-state index in [1.54, 1.807) is 0 Å². The normalized spacial score (nSPS) is 21.3. The fourth-order valence-electron chi connectivity index (χ4n) is 1.92. The molecule has 0 saturated carbocycles. The second-order valence-electron chi connectivity index (χ2n) is 3.51. The van der Waals surface area contributed by atoms with E-state index in [-0.39, 0.29) is 5.91 Å². The zero-order chi connectivity index (χ0) is 9.60. The van der Waals surface area contributed by atoms with E-state index in [9.17, 15) is 4.79 Å². The van der Waals surface area contributed by atoms with Gasteiger partial charge in [0.05, 0.1) is 0 Å². The molecule has 1 fully saturated rings. The van der Waals surface area contributed by atoms with E-state index >= 15 is 0 Å². The molecule has 0 atom stereocenters. The Bertz CT molecular complexity index is 483. The Kier molecular flexibility index (Phi) is 1.36. The van der Waals surface area contributed by atoms with Crippen molar-refractivity contribution < 1.29 is 9.53 Å². The molecule has 1 aromatic rings. The maximum absolute atomic E-state index is 11.6. The van der Waals surface area contributed by atoms with E-state index in [0.717, 1.165) is 10.4 Å². The smallest absolute Gasteiger partial charge is 0.262 e. The maximum atomic E-state index is 11.6. The number of ether oxygens (including phenoxy) is 1. The molecular weight excluding hydrogens is 178 g/mol. The van der Waals surface area contributed by atoms with Crippen LogP contribution < -0.4 is 15.8 Å². The number of hydrogen-bond donors (Lipinski definition) is 1. The Morgan fingerprint density at radius 2 is 1.86 bits per heavy atom. The molecule has 3 nitrogen and oxygen atoms in total. The minimum absolute atomic E-state index is 0.0753. The number of fused-ring (bicyclic) bond motifs is 1. The molecule has 70 valence electrons. The van der Waals surface area contributed by atoms with Crippen LogP contribution in [0.3, 0.4) is 0 Å². The van der Waals surface area contributed by atoms with Gasteiger partial charge >= 0.3 is 0 Å². The number of carbonyl (C=O) groups is 1. The molecule has 1 N–H and O–H groups in total. The first-order chi connectivity index (χ1) is 6.80. The van der Waals surface area contributed by atoms with Crippen molar-refractivity contribution in [1.82, 2.24) is 5.32 Å². The third kappa shape index (κ3) is 0.873. The quantitative estimate of drug-likeness (QED) is 0.572. The largest absolute Gasteiger partial charge is 0.337 e. The van der Waals surface area contributed by atoms with Crippen molar-refractivity contribution in [2.45, 2.75) is 5.60 Å². The molecule has 3 heteroatoms. The number of amides is 1. The fraction of sp³-hybridized carbons (Fsp3) is 0.182. The molecule has 0 bridgehead atoms. The van der Waals surface area contributed by atoms with Gasteiger partial charge in [-0.15, -0.1) is 0 Å². The van der Waals surface area contributed by atoms with Gasteiger partial charge in [0.15, 0.2) is 5.60 Å². The monoisotopic (exact) mass is 187 g/mol. The molecule has 1 heterocycles. The molecule has 0 radical (unpaired) electrons. The third-order valence-electron chi connectivity index (χ3n) is 2.63. The van der Waals surface area contributed by atoms with Crippen LogP contribution in [0.2, 0.25) is 0 Å². The summed E-state index contributed by atoms with van der Waals surface area (Å²) in [7, 11) is 0. The van der Waals surface area contributed by atoms with E-state index < -0.39 is 5.60 Å². The highest BCUT2D eigenvalue weighted by Crippen LogP contribution is 2.21. The molecule has 0 unspecified atom stereocenters. The number of nitrogens with one attached hydrogen (secondary N) is 1. The lowest BCUT2D eigenvalue weighted by Gasteiger charge is -2.12. The minimum Gasteiger partial charge on any atom is -0.337 e. The van der Waals surface area contributed by atoms with Crippen LogP contribution in [0.4, 0.5) is 0 Å². The Morgan fingerprint density at radius 1 is 1.21 bits per heavy atom. The van der Waals surface area contributed by atoms with Crippen molar-refractivity contribution in [1.29, 1.82) is 0 Å². The Balaban J connectivity index is 2.27. The van der Waals surface area contributed by atoms with E-state index in [1.807, 2.05) is 36.4 Å². The van der Waals surface area contributed by atoms with Gasteiger partial charge in [0.1, 0.15) is 6.73 Å². The summed E-state index contributed by atoms with van der Waals surface area (Å²) in [6, 6.07) is 7.87. The highest BCUT2D eigenvalue weighted by atomic mass is 16.5. The SMILES string of the molecule is O=C1NCOC12C=c1ccccc1=C2. The summed E-state index contributed by atoms with van der Waals surface area (Å²) < 4.78 is 5.42. The number of hydrogen-bond acceptors (Lipinski definition) is 2. The van der Waals surface area contributed by atoms with E-state index in [2.05, 4.69) is 5.32 Å². The summed E-state index contributed by atoms with van der Waals surface area (Å²) in [5.74, 6) is -0.0753. The zero-order valence-corrected chi connectivity index (χ0v) is 7.49. The number of benzene rings is 1. The van der Waals surface area contributed by atoms with Gasteiger partial charge in [-0.1, -0.05) is 24.3 Å². The summed E-state index contributed by atoms with van der Waals surface area (Å²) in [6.45, 7) is 0.291. The summed E-state index contributed by atoms with van der Waals surface area (Å²) in [6.07, 6.45) is 3.73. The lowest BCUT2D eigenvalue weighted by Crippen LogP contribution is -2.33. The van der Waals surface area contributed by atoms with Crippen LogP contribution in [-0.4, -0.2) is 18.2 Å². The van der Waals surface area contributed by atoms with Crippen LogP contribution in [0.5, 0.6) is 0 Å². The van der Waals surface area contributed by atoms with Crippen LogP contribution in [0, 0.1) is 0 Å². The van der Waals surface area contributed by atoms with E-state index in [0.29, 0.717) is 6.73 Å². The first-order valence-electron chi connectivity index (χ1n) is 4.53. The molecule has 1 aliphatic heterocycles. The van der Waals surface area contributed by atoms with Gasteiger partial charge in [0.2, 0.25) is 0 Å². The lowest BCUT2D eigenvalue weighted by molar-refractivity contribution is -0.123. The minimum atomic E-state index is -0.844. The van der Waals surface area contributed by atoms with Crippen LogP contribution in [-0.2, 0) is 9.53 Å². The first-order valence-corrected chi connectivity index (χ1v) is 4.53. The van der Waals surface area contributed by atoms with Gasteiger partial charge in [-0.3, -0.25) is 4.79 Å². The predicted molar refractivity (Wildman–Crippen MR) is 51.4 cm³/mol. The molecule has 2 aliphatic rings. The summed E-state index contributed by atoms with van der Waals surface area (Å²) >= 11 is 0. The second kappa shape index (κ2) is 2.45. The van der Waals surface area contributed by atoms with Crippen LogP contribution >= 0.6 is 0 Å². The van der Waals surface area contributed by atoms with Crippen molar-refractivity contribution >= 4 is 18.1 Å². The van der Waals surface area contributed by atoms with Gasteiger partial charge in [-0.2, -0.15) is 0 Å². The summed E-state index contributed by atoms with van der Waals surface area (Å²) in [5.41, 5.74) is -0.844. The van der Waals surface area contributed by atoms with Crippen molar-refractivity contribution in [2.75, 3.05) is 6.73 Å². The second-order valence-corrected chi connectivity index (χ2v) is 3.51. The van der Waals surface area contributed by atoms with E-state index in [1.165, 1.54) is 0 Å². The number of carbonyl (C=O) groups excluding carboxylic acids is 1. The maximum Gasteiger partial charge on any atom is 0.262 e. The number of rotatable bonds is 0. The average molecular weight is 187 g/mol. The average Bonchev–Trinajstić information content (AvgIpc) is 2.71. The third-order valence-corrected chi connectivity index (χ3v) is 2.63. The molecule has 14 heavy (non-hydrogen) atoms. The van der Waals surface area contributed by atoms with E-state index in [4.69, 9.17) is 4.74 Å². The lowest BCUT2D eigenvalue weighted by atomic mass is 10.1. The zero-order valence-electron chi connectivity index (χ0n) is 7.49. The Hall–Kier alpha value is -1.61. The van der Waals surface area contributed by atoms with Gasteiger partial charge in [-0.25, -0.2) is 0 Å². The Morgan fingerprint density at radius 3 is 2.36 bits per heavy atom. The highest BCUT2D eigenvalue weighted by molar-refractivity contribution is 6.01. The van der Waals surface area contributed by atoms with Crippen LogP contribution in [0.1, 0.15) is 0 Å². The molecule has 1 amide bonds. The molecule has 1 aliphatic carbocycles. The van der Waals surface area contributed by atoms with Gasteiger partial charge in [0, 0.05) is 0 Å². The fourth-order valence-corrected chi connectivity index (χ4v) is 1.92. The van der Waals surface area contributed by atoms with Crippen molar-refractivity contribution in [3.05, 3.63) is 34.7 Å². The molecule has 1 spiro atoms. The molecule has 0 aromatic heterocycles. The van der Waals surface area contributed by atoms with Gasteiger partial charge < -0.3 is 10.1 Å². The molecule has 3 rings (SSSR count). The van der Waals surface area contributed by atoms with Crippen molar-refractivity contribution in [3.63, 3.8) is 0 Å². The first kappa shape index (κ1) is 7.76. The topological polar surface area (TPSA) is 38.3 Å². The molecule has 1 aromatic carbocycles. The molecular formula is C11H9NO2. The van der Waals surface area contributed by atoms with Gasteiger partial charge in [0.25, 0.3) is 5.91 Å². The summed E-state index contributed by atoms with van der Waals surface area (Å²) in [5, 5.41) is 4.78. The molecule has 1 saturated heterocycles. The highest BCUT2D eigenvalue weighted by Gasteiger charge is 2.41. The predicted octanol–water partition coefficient (Wildman–Crippen LogP) is -0.896.